The number of para-hydroxylation sites is 1. The average molecular weight is 416 g/mol. The lowest BCUT2D eigenvalue weighted by molar-refractivity contribution is 0.390. The molecule has 1 aromatic carbocycles. The van der Waals surface area contributed by atoms with Crippen molar-refractivity contribution in [1.29, 1.82) is 0 Å². The molecule has 0 saturated heterocycles. The van der Waals surface area contributed by atoms with E-state index in [1.54, 1.807) is 30.8 Å². The minimum Gasteiger partial charge on any atom is -0.461 e. The van der Waals surface area contributed by atoms with Crippen LogP contribution >= 0.6 is 11.8 Å². The third kappa shape index (κ3) is 3.50. The lowest BCUT2D eigenvalue weighted by Crippen LogP contribution is -2.02. The van der Waals surface area contributed by atoms with Gasteiger partial charge in [-0.1, -0.05) is 35.1 Å². The van der Waals surface area contributed by atoms with E-state index in [1.807, 2.05) is 28.8 Å². The molecule has 0 aliphatic heterocycles. The summed E-state index contributed by atoms with van der Waals surface area (Å²) in [6.45, 7) is 2.06. The first kappa shape index (κ1) is 18.3. The van der Waals surface area contributed by atoms with Crippen molar-refractivity contribution in [2.24, 2.45) is 0 Å². The van der Waals surface area contributed by atoms with Gasteiger partial charge in [-0.2, -0.15) is 4.98 Å². The molecule has 4 heterocycles. The molecule has 0 saturated carbocycles. The minimum absolute atomic E-state index is 0.424. The number of rotatable bonds is 6. The monoisotopic (exact) mass is 416 g/mol. The maximum atomic E-state index is 5.36. The third-order valence-corrected chi connectivity index (χ3v) is 5.38. The summed E-state index contributed by atoms with van der Waals surface area (Å²) in [6.07, 6.45) is 5.06. The molecular formula is C21H16N6O2S. The maximum absolute atomic E-state index is 5.36. The number of aromatic nitrogens is 6. The van der Waals surface area contributed by atoms with E-state index in [0.717, 1.165) is 27.8 Å². The topological polar surface area (TPSA) is 95.7 Å². The van der Waals surface area contributed by atoms with Crippen molar-refractivity contribution in [3.05, 3.63) is 78.6 Å². The van der Waals surface area contributed by atoms with E-state index in [-0.39, 0.29) is 0 Å². The molecule has 0 radical (unpaired) electrons. The first-order chi connectivity index (χ1) is 14.8. The summed E-state index contributed by atoms with van der Waals surface area (Å²) >= 11 is 1.48. The van der Waals surface area contributed by atoms with Crippen molar-refractivity contribution in [1.82, 2.24) is 29.9 Å². The second-order valence-electron chi connectivity index (χ2n) is 6.44. The average Bonchev–Trinajstić information content (AvgIpc) is 3.53. The number of nitrogens with zero attached hydrogens (tertiary/aromatic N) is 6. The number of pyridine rings is 1. The summed E-state index contributed by atoms with van der Waals surface area (Å²) in [6, 6.07) is 15.5. The predicted molar refractivity (Wildman–Crippen MR) is 111 cm³/mol. The van der Waals surface area contributed by atoms with Crippen LogP contribution in [0.15, 0.2) is 81.3 Å². The molecule has 5 rings (SSSR count). The van der Waals surface area contributed by atoms with Gasteiger partial charge in [-0.3, -0.25) is 9.55 Å². The molecule has 0 aliphatic carbocycles. The van der Waals surface area contributed by atoms with E-state index in [4.69, 9.17) is 8.94 Å². The fourth-order valence-electron chi connectivity index (χ4n) is 3.03. The highest BCUT2D eigenvalue weighted by Gasteiger charge is 2.19. The van der Waals surface area contributed by atoms with Gasteiger partial charge in [0, 0.05) is 18.0 Å². The smallest absolute Gasteiger partial charge is 0.238 e. The summed E-state index contributed by atoms with van der Waals surface area (Å²) < 4.78 is 12.7. The van der Waals surface area contributed by atoms with Gasteiger partial charge in [-0.15, -0.1) is 10.2 Å². The Bertz CT molecular complexity index is 1260. The Morgan fingerprint density at radius 3 is 2.67 bits per heavy atom. The van der Waals surface area contributed by atoms with Crippen LogP contribution in [-0.4, -0.2) is 29.9 Å². The number of hydrogen-bond donors (Lipinski definition) is 0. The minimum atomic E-state index is 0.424. The molecule has 0 aliphatic rings. The molecule has 0 N–H and O–H groups in total. The fourth-order valence-corrected chi connectivity index (χ4v) is 3.81. The largest absolute Gasteiger partial charge is 0.461 e. The Morgan fingerprint density at radius 1 is 1.00 bits per heavy atom. The number of hydrogen-bond acceptors (Lipinski definition) is 8. The Labute approximate surface area is 176 Å². The number of furan rings is 1. The maximum Gasteiger partial charge on any atom is 0.238 e. The summed E-state index contributed by atoms with van der Waals surface area (Å²) in [5.41, 5.74) is 3.07. The first-order valence-electron chi connectivity index (χ1n) is 9.20. The second-order valence-corrected chi connectivity index (χ2v) is 7.38. The third-order valence-electron chi connectivity index (χ3n) is 4.46. The molecule has 0 spiro atoms. The van der Waals surface area contributed by atoms with Gasteiger partial charge in [0.1, 0.15) is 0 Å². The van der Waals surface area contributed by atoms with Crippen molar-refractivity contribution in [3.63, 3.8) is 0 Å². The quantitative estimate of drug-likeness (QED) is 0.371. The standard InChI is InChI=1S/C21H16N6O2S/c1-14-5-2-3-6-16(14)27-20(15-8-10-22-11-9-15)24-25-21(27)30-13-18-23-19(26-29-18)17-7-4-12-28-17/h2-12H,13H2,1H3. The van der Waals surface area contributed by atoms with Gasteiger partial charge in [0.15, 0.2) is 16.7 Å². The van der Waals surface area contributed by atoms with E-state index in [0.29, 0.717) is 23.2 Å². The van der Waals surface area contributed by atoms with Crippen molar-refractivity contribution < 1.29 is 8.94 Å². The zero-order chi connectivity index (χ0) is 20.3. The van der Waals surface area contributed by atoms with Crippen LogP contribution in [0.25, 0.3) is 28.7 Å². The van der Waals surface area contributed by atoms with Crippen LogP contribution in [-0.2, 0) is 5.75 Å². The molecule has 0 unspecified atom stereocenters. The molecular weight excluding hydrogens is 400 g/mol. The Kier molecular flexibility index (Phi) is 4.86. The molecule has 4 aromatic heterocycles. The van der Waals surface area contributed by atoms with Gasteiger partial charge in [0.2, 0.25) is 11.7 Å². The Morgan fingerprint density at radius 2 is 1.87 bits per heavy atom. The van der Waals surface area contributed by atoms with Crippen LogP contribution in [0.5, 0.6) is 0 Å². The van der Waals surface area contributed by atoms with E-state index in [2.05, 4.69) is 44.4 Å². The highest BCUT2D eigenvalue weighted by Crippen LogP contribution is 2.31. The van der Waals surface area contributed by atoms with E-state index in [1.165, 1.54) is 11.8 Å². The highest BCUT2D eigenvalue weighted by atomic mass is 32.2. The van der Waals surface area contributed by atoms with Crippen LogP contribution < -0.4 is 0 Å². The fraction of sp³-hybridized carbons (Fsp3) is 0.0952. The van der Waals surface area contributed by atoms with Gasteiger partial charge >= 0.3 is 0 Å². The normalized spacial score (nSPS) is 11.1. The van der Waals surface area contributed by atoms with Gasteiger partial charge < -0.3 is 8.94 Å². The van der Waals surface area contributed by atoms with E-state index >= 15 is 0 Å². The van der Waals surface area contributed by atoms with Gasteiger partial charge in [0.05, 0.1) is 17.7 Å². The zero-order valence-electron chi connectivity index (χ0n) is 16.0. The van der Waals surface area contributed by atoms with Crippen LogP contribution in [0.1, 0.15) is 11.5 Å². The summed E-state index contributed by atoms with van der Waals surface area (Å²) in [4.78, 5) is 8.49. The number of thioether (sulfide) groups is 1. The summed E-state index contributed by atoms with van der Waals surface area (Å²) in [5, 5.41) is 13.6. The van der Waals surface area contributed by atoms with Crippen LogP contribution in [0, 0.1) is 6.92 Å². The van der Waals surface area contributed by atoms with Crippen molar-refractivity contribution in [2.75, 3.05) is 0 Å². The number of benzene rings is 1. The molecule has 30 heavy (non-hydrogen) atoms. The molecule has 0 amide bonds. The Balaban J connectivity index is 1.48. The predicted octanol–water partition coefficient (Wildman–Crippen LogP) is 4.57. The lowest BCUT2D eigenvalue weighted by Gasteiger charge is -2.12. The van der Waals surface area contributed by atoms with Crippen LogP contribution in [0.4, 0.5) is 0 Å². The van der Waals surface area contributed by atoms with Crippen molar-refractivity contribution in [3.8, 4) is 28.7 Å². The van der Waals surface area contributed by atoms with Crippen LogP contribution in [0.3, 0.4) is 0 Å². The molecule has 5 aromatic rings. The summed E-state index contributed by atoms with van der Waals surface area (Å²) in [7, 11) is 0. The molecule has 0 bridgehead atoms. The molecule has 0 atom stereocenters. The van der Waals surface area contributed by atoms with Gasteiger partial charge in [0.25, 0.3) is 0 Å². The SMILES string of the molecule is Cc1ccccc1-n1c(SCc2nc(-c3ccco3)no2)nnc1-c1ccncc1. The van der Waals surface area contributed by atoms with Gasteiger partial charge in [-0.25, -0.2) is 0 Å². The second kappa shape index (κ2) is 7.96. The Hall–Kier alpha value is -3.72. The first-order valence-corrected chi connectivity index (χ1v) is 10.2. The lowest BCUT2D eigenvalue weighted by atomic mass is 10.2. The molecule has 0 fully saturated rings. The van der Waals surface area contributed by atoms with E-state index in [9.17, 15) is 0 Å². The molecule has 9 heteroatoms. The van der Waals surface area contributed by atoms with Crippen molar-refractivity contribution >= 4 is 11.8 Å². The molecule has 148 valence electrons. The number of aryl methyl sites for hydroxylation is 1. The summed E-state index contributed by atoms with van der Waals surface area (Å²) in [5.74, 6) is 2.67. The van der Waals surface area contributed by atoms with Crippen molar-refractivity contribution in [2.45, 2.75) is 17.8 Å². The highest BCUT2D eigenvalue weighted by molar-refractivity contribution is 7.98. The van der Waals surface area contributed by atoms with Crippen LogP contribution in [0.2, 0.25) is 0 Å². The van der Waals surface area contributed by atoms with Gasteiger partial charge in [-0.05, 0) is 42.8 Å². The zero-order valence-corrected chi connectivity index (χ0v) is 16.8. The van der Waals surface area contributed by atoms with E-state index < -0.39 is 0 Å². The molecule has 8 nitrogen and oxygen atoms in total.